The van der Waals surface area contributed by atoms with E-state index in [1.807, 2.05) is 6.92 Å². The molecule has 3 rings (SSSR count). The third-order valence-corrected chi connectivity index (χ3v) is 6.54. The van der Waals surface area contributed by atoms with E-state index in [0.717, 1.165) is 12.1 Å². The largest absolute Gasteiger partial charge is 0.296 e. The average molecular weight is 417 g/mol. The van der Waals surface area contributed by atoms with Crippen molar-refractivity contribution in [3.63, 3.8) is 0 Å². The van der Waals surface area contributed by atoms with Crippen molar-refractivity contribution < 1.29 is 22.9 Å². The molecule has 0 spiro atoms. The maximum atomic E-state index is 12.6. The third-order valence-electron chi connectivity index (χ3n) is 5.11. The second-order valence-electron chi connectivity index (χ2n) is 6.72. The number of anilines is 1. The molecule has 1 saturated heterocycles. The normalized spacial score (nSPS) is 19.5. The van der Waals surface area contributed by atoms with Gasteiger partial charge in [-0.2, -0.15) is 0 Å². The lowest BCUT2D eigenvalue weighted by Crippen LogP contribution is -2.51. The number of sulfonamides is 1. The zero-order valence-electron chi connectivity index (χ0n) is 15.5. The van der Waals surface area contributed by atoms with Crippen molar-refractivity contribution in [2.45, 2.75) is 36.5 Å². The Balaban J connectivity index is 1.89. The van der Waals surface area contributed by atoms with Crippen molar-refractivity contribution in [1.82, 2.24) is 5.32 Å². The van der Waals surface area contributed by atoms with Crippen LogP contribution in [0, 0.1) is 10.1 Å². The highest BCUT2D eigenvalue weighted by Crippen LogP contribution is 2.36. The number of hydrogen-bond acceptors (Lipinski definition) is 6. The standard InChI is InChI=1S/C19H19N3O6S/c1-2-19(12-11-17(23)20-18(19)24)13-7-9-14(10-8-13)21-29(27,28)16-6-4-3-5-15(16)22(25)26/h3-10,21H,2,11-12H2,1H3,(H,20,23,24)/t19-/m1/s1. The minimum Gasteiger partial charge on any atom is -0.296 e. The van der Waals surface area contributed by atoms with Gasteiger partial charge in [-0.1, -0.05) is 31.2 Å². The van der Waals surface area contributed by atoms with Crippen LogP contribution in [0.15, 0.2) is 53.4 Å². The molecule has 29 heavy (non-hydrogen) atoms. The second kappa shape index (κ2) is 7.63. The van der Waals surface area contributed by atoms with Crippen LogP contribution in [0.1, 0.15) is 31.7 Å². The first kappa shape index (κ1) is 20.5. The fraction of sp³-hybridized carbons (Fsp3) is 0.263. The number of carbonyl (C=O) groups is 2. The van der Waals surface area contributed by atoms with E-state index in [1.165, 1.54) is 24.3 Å². The van der Waals surface area contributed by atoms with Gasteiger partial charge in [0.15, 0.2) is 4.90 Å². The Kier molecular flexibility index (Phi) is 5.38. The maximum Gasteiger partial charge on any atom is 0.289 e. The predicted molar refractivity (Wildman–Crippen MR) is 105 cm³/mol. The summed E-state index contributed by atoms with van der Waals surface area (Å²) in [6.07, 6.45) is 1.08. The summed E-state index contributed by atoms with van der Waals surface area (Å²) in [5.74, 6) is -0.683. The van der Waals surface area contributed by atoms with Crippen molar-refractivity contribution in [2.24, 2.45) is 0 Å². The molecule has 152 valence electrons. The van der Waals surface area contributed by atoms with Crippen molar-refractivity contribution in [3.05, 3.63) is 64.2 Å². The first-order valence-electron chi connectivity index (χ1n) is 8.91. The lowest BCUT2D eigenvalue weighted by Gasteiger charge is -2.35. The van der Waals surface area contributed by atoms with Crippen molar-refractivity contribution in [2.75, 3.05) is 4.72 Å². The first-order valence-corrected chi connectivity index (χ1v) is 10.4. The third kappa shape index (κ3) is 3.83. The van der Waals surface area contributed by atoms with Crippen LogP contribution in [0.5, 0.6) is 0 Å². The summed E-state index contributed by atoms with van der Waals surface area (Å²) in [7, 11) is -4.18. The SMILES string of the molecule is CC[C@]1(c2ccc(NS(=O)(=O)c3ccccc3[N+](=O)[O-])cc2)CCC(=O)NC1=O. The number of piperidine rings is 1. The van der Waals surface area contributed by atoms with Gasteiger partial charge in [0.1, 0.15) is 0 Å². The fourth-order valence-corrected chi connectivity index (χ4v) is 4.70. The maximum absolute atomic E-state index is 12.6. The highest BCUT2D eigenvalue weighted by atomic mass is 32.2. The van der Waals surface area contributed by atoms with Crippen molar-refractivity contribution >= 4 is 33.2 Å². The number of nitro benzene ring substituents is 1. The van der Waals surface area contributed by atoms with Gasteiger partial charge in [-0.25, -0.2) is 8.42 Å². The molecule has 0 aliphatic carbocycles. The number of nitro groups is 1. The molecule has 2 aromatic carbocycles. The van der Waals surface area contributed by atoms with Crippen LogP contribution in [0.3, 0.4) is 0 Å². The van der Waals surface area contributed by atoms with Crippen LogP contribution in [-0.2, 0) is 25.0 Å². The first-order chi connectivity index (χ1) is 13.7. The molecule has 2 aromatic rings. The fourth-order valence-electron chi connectivity index (χ4n) is 3.47. The van der Waals surface area contributed by atoms with E-state index in [4.69, 9.17) is 0 Å². The Bertz CT molecular complexity index is 1080. The summed E-state index contributed by atoms with van der Waals surface area (Å²) < 4.78 is 27.5. The van der Waals surface area contributed by atoms with Crippen LogP contribution in [-0.4, -0.2) is 25.2 Å². The Morgan fingerprint density at radius 1 is 1.14 bits per heavy atom. The molecule has 1 fully saturated rings. The molecule has 10 heteroatoms. The van der Waals surface area contributed by atoms with Gasteiger partial charge in [-0.3, -0.25) is 29.7 Å². The zero-order chi connectivity index (χ0) is 21.2. The van der Waals surface area contributed by atoms with Gasteiger partial charge in [-0.15, -0.1) is 0 Å². The Labute approximate surface area is 167 Å². The van der Waals surface area contributed by atoms with E-state index in [2.05, 4.69) is 10.0 Å². The van der Waals surface area contributed by atoms with Gasteiger partial charge in [0, 0.05) is 18.2 Å². The van der Waals surface area contributed by atoms with E-state index in [9.17, 15) is 28.1 Å². The van der Waals surface area contributed by atoms with Gasteiger partial charge in [0.2, 0.25) is 11.8 Å². The molecule has 0 unspecified atom stereocenters. The highest BCUT2D eigenvalue weighted by Gasteiger charge is 2.42. The molecule has 2 N–H and O–H groups in total. The summed E-state index contributed by atoms with van der Waals surface area (Å²) in [6.45, 7) is 1.85. The number of imide groups is 1. The van der Waals surface area contributed by atoms with Crippen LogP contribution in [0.25, 0.3) is 0 Å². The monoisotopic (exact) mass is 417 g/mol. The van der Waals surface area contributed by atoms with Crippen LogP contribution in [0.4, 0.5) is 11.4 Å². The van der Waals surface area contributed by atoms with Crippen LogP contribution >= 0.6 is 0 Å². The highest BCUT2D eigenvalue weighted by molar-refractivity contribution is 7.92. The Morgan fingerprint density at radius 3 is 2.38 bits per heavy atom. The topological polar surface area (TPSA) is 135 Å². The molecule has 1 aliphatic rings. The van der Waals surface area contributed by atoms with E-state index >= 15 is 0 Å². The summed E-state index contributed by atoms with van der Waals surface area (Å²) in [4.78, 5) is 33.8. The van der Waals surface area contributed by atoms with E-state index in [0.29, 0.717) is 18.4 Å². The number of nitrogens with zero attached hydrogens (tertiary/aromatic N) is 1. The summed E-state index contributed by atoms with van der Waals surface area (Å²) in [6, 6.07) is 11.3. The zero-order valence-corrected chi connectivity index (χ0v) is 16.4. The quantitative estimate of drug-likeness (QED) is 0.421. The molecule has 0 aromatic heterocycles. The van der Waals surface area contributed by atoms with Gasteiger partial charge < -0.3 is 0 Å². The smallest absolute Gasteiger partial charge is 0.289 e. The molecule has 1 aliphatic heterocycles. The second-order valence-corrected chi connectivity index (χ2v) is 8.37. The number of nitrogens with one attached hydrogen (secondary N) is 2. The van der Waals surface area contributed by atoms with E-state index in [1.54, 1.807) is 12.1 Å². The molecular formula is C19H19N3O6S. The summed E-state index contributed by atoms with van der Waals surface area (Å²) in [5.41, 5.74) is -0.516. The predicted octanol–water partition coefficient (Wildman–Crippen LogP) is 2.48. The Morgan fingerprint density at radius 2 is 1.79 bits per heavy atom. The minimum absolute atomic E-state index is 0.199. The number of hydrogen-bond donors (Lipinski definition) is 2. The minimum atomic E-state index is -4.18. The number of carbonyl (C=O) groups excluding carboxylic acids is 2. The van der Waals surface area contributed by atoms with E-state index < -0.39 is 30.9 Å². The molecule has 9 nitrogen and oxygen atoms in total. The molecule has 2 amide bonds. The van der Waals surface area contributed by atoms with Crippen molar-refractivity contribution in [1.29, 1.82) is 0 Å². The number of rotatable bonds is 6. The lowest BCUT2D eigenvalue weighted by molar-refractivity contribution is -0.387. The molecule has 1 heterocycles. The molecule has 0 saturated carbocycles. The number of para-hydroxylation sites is 1. The number of amides is 2. The number of benzene rings is 2. The van der Waals surface area contributed by atoms with Gasteiger partial charge in [0.25, 0.3) is 15.7 Å². The molecule has 0 bridgehead atoms. The van der Waals surface area contributed by atoms with E-state index in [-0.39, 0.29) is 23.9 Å². The molecule has 1 atom stereocenters. The lowest BCUT2D eigenvalue weighted by atomic mass is 9.72. The molecule has 0 radical (unpaired) electrons. The van der Waals surface area contributed by atoms with Gasteiger partial charge in [-0.05, 0) is 36.6 Å². The summed E-state index contributed by atoms with van der Waals surface area (Å²) >= 11 is 0. The van der Waals surface area contributed by atoms with Crippen LogP contribution in [0.2, 0.25) is 0 Å². The summed E-state index contributed by atoms with van der Waals surface area (Å²) in [5, 5.41) is 13.5. The van der Waals surface area contributed by atoms with Gasteiger partial charge >= 0.3 is 0 Å². The average Bonchev–Trinajstić information content (AvgIpc) is 2.69. The van der Waals surface area contributed by atoms with Crippen LogP contribution < -0.4 is 10.0 Å². The van der Waals surface area contributed by atoms with Gasteiger partial charge in [0.05, 0.1) is 10.3 Å². The Hall–Kier alpha value is -3.27. The molecular weight excluding hydrogens is 398 g/mol. The van der Waals surface area contributed by atoms with Crippen molar-refractivity contribution in [3.8, 4) is 0 Å².